The molecule has 1 rings (SSSR count). The van der Waals surface area contributed by atoms with Crippen LogP contribution in [0.4, 0.5) is 0 Å². The summed E-state index contributed by atoms with van der Waals surface area (Å²) in [5.74, 6) is -0.590. The number of methoxy groups -OCH3 is 1. The maximum atomic E-state index is 11.7. The van der Waals surface area contributed by atoms with Crippen molar-refractivity contribution in [3.8, 4) is 0 Å². The van der Waals surface area contributed by atoms with Crippen LogP contribution < -0.4 is 5.73 Å². The first-order chi connectivity index (χ1) is 6.57. The Morgan fingerprint density at radius 3 is 2.71 bits per heavy atom. The molecule has 1 fully saturated rings. The van der Waals surface area contributed by atoms with Crippen LogP contribution in [0, 0.1) is 0 Å². The minimum atomic E-state index is -0.505. The molecule has 1 heterocycles. The van der Waals surface area contributed by atoms with Crippen molar-refractivity contribution in [1.82, 2.24) is 4.90 Å². The summed E-state index contributed by atoms with van der Waals surface area (Å²) in [6, 6.07) is -0.444. The van der Waals surface area contributed by atoms with Gasteiger partial charge in [-0.25, -0.2) is 0 Å². The van der Waals surface area contributed by atoms with E-state index in [1.165, 1.54) is 12.0 Å². The minimum absolute atomic E-state index is 0.159. The monoisotopic (exact) mass is 200 g/mol. The van der Waals surface area contributed by atoms with E-state index in [9.17, 15) is 9.59 Å². The average Bonchev–Trinajstić information content (AvgIpc) is 2.63. The van der Waals surface area contributed by atoms with E-state index in [1.807, 2.05) is 0 Å². The summed E-state index contributed by atoms with van der Waals surface area (Å²) in [5.41, 5.74) is 5.19. The van der Waals surface area contributed by atoms with Crippen LogP contribution in [0.1, 0.15) is 19.8 Å². The first-order valence-corrected chi connectivity index (χ1v) is 4.70. The SMILES string of the molecule is COC(C)C(=O)N1CCCC1C(N)=O. The fourth-order valence-corrected chi connectivity index (χ4v) is 1.66. The average molecular weight is 200 g/mol. The number of carbonyl (C=O) groups is 2. The molecule has 14 heavy (non-hydrogen) atoms. The highest BCUT2D eigenvalue weighted by Gasteiger charge is 2.34. The smallest absolute Gasteiger partial charge is 0.252 e. The number of nitrogens with two attached hydrogens (primary N) is 1. The highest BCUT2D eigenvalue weighted by Crippen LogP contribution is 2.18. The predicted octanol–water partition coefficient (Wildman–Crippen LogP) is -0.502. The van der Waals surface area contributed by atoms with E-state index >= 15 is 0 Å². The lowest BCUT2D eigenvalue weighted by Gasteiger charge is -2.24. The first-order valence-electron chi connectivity index (χ1n) is 4.70. The van der Waals surface area contributed by atoms with Gasteiger partial charge in [-0.3, -0.25) is 9.59 Å². The van der Waals surface area contributed by atoms with Gasteiger partial charge >= 0.3 is 0 Å². The lowest BCUT2D eigenvalue weighted by molar-refractivity contribution is -0.145. The topological polar surface area (TPSA) is 72.6 Å². The summed E-state index contributed by atoms with van der Waals surface area (Å²) in [4.78, 5) is 24.2. The molecule has 80 valence electrons. The Bertz CT molecular complexity index is 242. The molecule has 1 aliphatic heterocycles. The molecule has 2 amide bonds. The Kier molecular flexibility index (Phi) is 3.46. The molecule has 0 bridgehead atoms. The number of carbonyl (C=O) groups excluding carboxylic acids is 2. The van der Waals surface area contributed by atoms with Crippen LogP contribution in [0.3, 0.4) is 0 Å². The minimum Gasteiger partial charge on any atom is -0.372 e. The van der Waals surface area contributed by atoms with Gasteiger partial charge in [0.15, 0.2) is 0 Å². The van der Waals surface area contributed by atoms with Gasteiger partial charge in [-0.05, 0) is 19.8 Å². The summed E-state index contributed by atoms with van der Waals surface area (Å²) in [5, 5.41) is 0. The van der Waals surface area contributed by atoms with Gasteiger partial charge in [-0.1, -0.05) is 0 Å². The second-order valence-electron chi connectivity index (χ2n) is 3.47. The van der Waals surface area contributed by atoms with Crippen LogP contribution in [0.25, 0.3) is 0 Å². The van der Waals surface area contributed by atoms with Gasteiger partial charge in [0.2, 0.25) is 5.91 Å². The number of rotatable bonds is 3. The fraction of sp³-hybridized carbons (Fsp3) is 0.778. The van der Waals surface area contributed by atoms with Crippen LogP contribution in [0.15, 0.2) is 0 Å². The normalized spacial score (nSPS) is 23.6. The molecule has 1 saturated heterocycles. The number of likely N-dealkylation sites (tertiary alicyclic amines) is 1. The van der Waals surface area contributed by atoms with Gasteiger partial charge in [0.1, 0.15) is 12.1 Å². The Hall–Kier alpha value is -1.10. The molecule has 1 aliphatic rings. The molecule has 2 N–H and O–H groups in total. The number of nitrogens with zero attached hydrogens (tertiary/aromatic N) is 1. The van der Waals surface area contributed by atoms with Crippen molar-refractivity contribution in [2.24, 2.45) is 5.73 Å². The zero-order chi connectivity index (χ0) is 10.7. The van der Waals surface area contributed by atoms with Crippen molar-refractivity contribution < 1.29 is 14.3 Å². The molecule has 5 nitrogen and oxygen atoms in total. The van der Waals surface area contributed by atoms with Gasteiger partial charge in [0.25, 0.3) is 5.91 Å². The fourth-order valence-electron chi connectivity index (χ4n) is 1.66. The summed E-state index contributed by atoms with van der Waals surface area (Å²) >= 11 is 0. The molecule has 0 aromatic carbocycles. The Morgan fingerprint density at radius 2 is 2.21 bits per heavy atom. The van der Waals surface area contributed by atoms with Gasteiger partial charge in [-0.15, -0.1) is 0 Å². The van der Waals surface area contributed by atoms with Gasteiger partial charge in [0, 0.05) is 13.7 Å². The maximum absolute atomic E-state index is 11.7. The van der Waals surface area contributed by atoms with Crippen LogP contribution in [0.5, 0.6) is 0 Å². The van der Waals surface area contributed by atoms with E-state index in [0.717, 1.165) is 6.42 Å². The van der Waals surface area contributed by atoms with Crippen molar-refractivity contribution in [3.05, 3.63) is 0 Å². The van der Waals surface area contributed by atoms with Crippen molar-refractivity contribution in [3.63, 3.8) is 0 Å². The third-order valence-electron chi connectivity index (χ3n) is 2.57. The zero-order valence-corrected chi connectivity index (χ0v) is 8.53. The van der Waals surface area contributed by atoms with Crippen LogP contribution in [-0.2, 0) is 14.3 Å². The number of amides is 2. The van der Waals surface area contributed by atoms with E-state index in [0.29, 0.717) is 13.0 Å². The van der Waals surface area contributed by atoms with Crippen molar-refractivity contribution >= 4 is 11.8 Å². The molecular formula is C9H16N2O3. The second kappa shape index (κ2) is 4.41. The Balaban J connectivity index is 2.67. The quantitative estimate of drug-likeness (QED) is 0.667. The largest absolute Gasteiger partial charge is 0.372 e. The molecule has 0 radical (unpaired) electrons. The molecule has 0 spiro atoms. The molecule has 0 aromatic heterocycles. The molecule has 0 aromatic rings. The predicted molar refractivity (Wildman–Crippen MR) is 50.4 cm³/mol. The number of hydrogen-bond donors (Lipinski definition) is 1. The van der Waals surface area contributed by atoms with Crippen molar-refractivity contribution in [2.45, 2.75) is 31.9 Å². The summed E-state index contributed by atoms with van der Waals surface area (Å²) in [6.07, 6.45) is 0.989. The van der Waals surface area contributed by atoms with E-state index in [2.05, 4.69) is 0 Å². The molecule has 2 unspecified atom stereocenters. The summed E-state index contributed by atoms with van der Waals surface area (Å²) in [6.45, 7) is 2.26. The number of ether oxygens (including phenoxy) is 1. The third-order valence-corrected chi connectivity index (χ3v) is 2.57. The number of primary amides is 1. The van der Waals surface area contributed by atoms with Crippen LogP contribution in [0.2, 0.25) is 0 Å². The van der Waals surface area contributed by atoms with Crippen molar-refractivity contribution in [2.75, 3.05) is 13.7 Å². The molecule has 0 saturated carbocycles. The first kappa shape index (κ1) is 11.0. The molecule has 2 atom stereocenters. The van der Waals surface area contributed by atoms with E-state index in [1.54, 1.807) is 6.92 Å². The standard InChI is InChI=1S/C9H16N2O3/c1-6(14-2)9(13)11-5-3-4-7(11)8(10)12/h6-7H,3-5H2,1-2H3,(H2,10,12). The van der Waals surface area contributed by atoms with Gasteiger partial charge in [-0.2, -0.15) is 0 Å². The summed E-state index contributed by atoms with van der Waals surface area (Å²) < 4.78 is 4.91. The molecule has 0 aliphatic carbocycles. The van der Waals surface area contributed by atoms with Gasteiger partial charge < -0.3 is 15.4 Å². The highest BCUT2D eigenvalue weighted by molar-refractivity contribution is 5.88. The third kappa shape index (κ3) is 2.04. The molecule has 5 heteroatoms. The van der Waals surface area contributed by atoms with Crippen LogP contribution in [-0.4, -0.2) is 42.5 Å². The molecular weight excluding hydrogens is 184 g/mol. The number of hydrogen-bond acceptors (Lipinski definition) is 3. The summed E-state index contributed by atoms with van der Waals surface area (Å²) in [7, 11) is 1.47. The van der Waals surface area contributed by atoms with E-state index in [4.69, 9.17) is 10.5 Å². The lowest BCUT2D eigenvalue weighted by Crippen LogP contribution is -2.47. The van der Waals surface area contributed by atoms with Gasteiger partial charge in [0.05, 0.1) is 0 Å². The van der Waals surface area contributed by atoms with E-state index < -0.39 is 18.1 Å². The lowest BCUT2D eigenvalue weighted by atomic mass is 10.2. The van der Waals surface area contributed by atoms with Crippen molar-refractivity contribution in [1.29, 1.82) is 0 Å². The maximum Gasteiger partial charge on any atom is 0.252 e. The Morgan fingerprint density at radius 1 is 1.57 bits per heavy atom. The zero-order valence-electron chi connectivity index (χ0n) is 8.53. The Labute approximate surface area is 83.2 Å². The van der Waals surface area contributed by atoms with Crippen LogP contribution >= 0.6 is 0 Å². The second-order valence-corrected chi connectivity index (χ2v) is 3.47. The highest BCUT2D eigenvalue weighted by atomic mass is 16.5. The van der Waals surface area contributed by atoms with E-state index in [-0.39, 0.29) is 5.91 Å².